The zero-order valence-electron chi connectivity index (χ0n) is 16.9. The summed E-state index contributed by atoms with van der Waals surface area (Å²) in [5.41, 5.74) is 3.98. The Morgan fingerprint density at radius 2 is 1.61 bits per heavy atom. The SMILES string of the molecule is CCOc1ccccc1OCC(=O)NN=Cc1cc(N=Nc2ccccc2)ccc1O. The van der Waals surface area contributed by atoms with Gasteiger partial charge in [0.2, 0.25) is 0 Å². The molecule has 0 unspecified atom stereocenters. The molecule has 1 amide bonds. The summed E-state index contributed by atoms with van der Waals surface area (Å²) in [6.45, 7) is 2.12. The summed E-state index contributed by atoms with van der Waals surface area (Å²) in [4.78, 5) is 12.0. The maximum Gasteiger partial charge on any atom is 0.277 e. The number of ether oxygens (including phenoxy) is 2. The van der Waals surface area contributed by atoms with E-state index < -0.39 is 5.91 Å². The van der Waals surface area contributed by atoms with E-state index in [1.165, 1.54) is 12.3 Å². The van der Waals surface area contributed by atoms with E-state index in [1.807, 2.05) is 43.3 Å². The highest BCUT2D eigenvalue weighted by Crippen LogP contribution is 2.26. The minimum atomic E-state index is -0.457. The number of hydrogen-bond donors (Lipinski definition) is 2. The van der Waals surface area contributed by atoms with Crippen LogP contribution in [0.15, 0.2) is 88.1 Å². The zero-order valence-corrected chi connectivity index (χ0v) is 16.9. The molecule has 0 fully saturated rings. The van der Waals surface area contributed by atoms with Crippen molar-refractivity contribution in [3.05, 3.63) is 78.4 Å². The number of phenols is 1. The first kappa shape index (κ1) is 21.5. The average Bonchev–Trinajstić information content (AvgIpc) is 2.80. The Labute approximate surface area is 179 Å². The third kappa shape index (κ3) is 6.67. The molecule has 8 heteroatoms. The number of nitrogens with one attached hydrogen (secondary N) is 1. The smallest absolute Gasteiger partial charge is 0.277 e. The van der Waals surface area contributed by atoms with Gasteiger partial charge in [-0.2, -0.15) is 15.3 Å². The van der Waals surface area contributed by atoms with Crippen molar-refractivity contribution < 1.29 is 19.4 Å². The molecule has 0 bridgehead atoms. The van der Waals surface area contributed by atoms with E-state index in [2.05, 4.69) is 20.8 Å². The molecule has 0 heterocycles. The van der Waals surface area contributed by atoms with Gasteiger partial charge >= 0.3 is 0 Å². The molecule has 0 atom stereocenters. The number of hydrazone groups is 1. The second-order valence-corrected chi connectivity index (χ2v) is 6.24. The van der Waals surface area contributed by atoms with Crippen LogP contribution < -0.4 is 14.9 Å². The van der Waals surface area contributed by atoms with Crippen molar-refractivity contribution in [3.63, 3.8) is 0 Å². The van der Waals surface area contributed by atoms with Crippen LogP contribution in [0.2, 0.25) is 0 Å². The molecule has 3 aromatic rings. The molecule has 0 radical (unpaired) electrons. The summed E-state index contributed by atoms with van der Waals surface area (Å²) < 4.78 is 10.9. The van der Waals surface area contributed by atoms with E-state index in [9.17, 15) is 9.90 Å². The van der Waals surface area contributed by atoms with Gasteiger partial charge in [-0.1, -0.05) is 30.3 Å². The minimum absolute atomic E-state index is 0.00134. The van der Waals surface area contributed by atoms with E-state index in [4.69, 9.17) is 9.47 Å². The summed E-state index contributed by atoms with van der Waals surface area (Å²) >= 11 is 0. The number of carbonyl (C=O) groups excluding carboxylic acids is 1. The van der Waals surface area contributed by atoms with E-state index in [0.717, 1.165) is 0 Å². The topological polar surface area (TPSA) is 105 Å². The van der Waals surface area contributed by atoms with Crippen LogP contribution in [-0.2, 0) is 4.79 Å². The van der Waals surface area contributed by atoms with Gasteiger partial charge in [0.15, 0.2) is 18.1 Å². The first-order valence-corrected chi connectivity index (χ1v) is 9.62. The fraction of sp³-hybridized carbons (Fsp3) is 0.130. The van der Waals surface area contributed by atoms with Gasteiger partial charge in [-0.25, -0.2) is 5.43 Å². The van der Waals surface area contributed by atoms with Gasteiger partial charge in [0, 0.05) is 5.56 Å². The Hall–Kier alpha value is -4.20. The Morgan fingerprint density at radius 3 is 2.35 bits per heavy atom. The molecule has 0 saturated heterocycles. The maximum absolute atomic E-state index is 12.0. The Morgan fingerprint density at radius 1 is 0.935 bits per heavy atom. The standard InChI is InChI=1S/C23H22N4O4/c1-2-30-21-10-6-7-11-22(21)31-16-23(29)27-24-15-17-14-19(12-13-20(17)28)26-25-18-8-4-3-5-9-18/h3-15,28H,2,16H2,1H3,(H,27,29). The predicted molar refractivity (Wildman–Crippen MR) is 118 cm³/mol. The van der Waals surface area contributed by atoms with Crippen LogP contribution in [0.5, 0.6) is 17.2 Å². The fourth-order valence-electron chi connectivity index (χ4n) is 2.51. The van der Waals surface area contributed by atoms with Gasteiger partial charge in [0.1, 0.15) is 5.75 Å². The van der Waals surface area contributed by atoms with Gasteiger partial charge in [-0.15, -0.1) is 0 Å². The molecule has 0 aliphatic carbocycles. The van der Waals surface area contributed by atoms with Crippen molar-refractivity contribution in [2.24, 2.45) is 15.3 Å². The van der Waals surface area contributed by atoms with Crippen LogP contribution >= 0.6 is 0 Å². The molecule has 158 valence electrons. The van der Waals surface area contributed by atoms with Crippen molar-refractivity contribution in [1.82, 2.24) is 5.43 Å². The van der Waals surface area contributed by atoms with Crippen LogP contribution in [0.1, 0.15) is 12.5 Å². The molecule has 2 N–H and O–H groups in total. The largest absolute Gasteiger partial charge is 0.507 e. The Bertz CT molecular complexity index is 1070. The number of aromatic hydroxyl groups is 1. The Kier molecular flexibility index (Phi) is 7.70. The van der Waals surface area contributed by atoms with Crippen LogP contribution in [-0.4, -0.2) is 30.4 Å². The van der Waals surface area contributed by atoms with Crippen molar-refractivity contribution in [3.8, 4) is 17.2 Å². The van der Waals surface area contributed by atoms with Crippen LogP contribution in [0.4, 0.5) is 11.4 Å². The number of nitrogens with zero attached hydrogens (tertiary/aromatic N) is 3. The molecule has 0 aliphatic rings. The van der Waals surface area contributed by atoms with Crippen molar-refractivity contribution in [2.45, 2.75) is 6.92 Å². The molecule has 0 spiro atoms. The quantitative estimate of drug-likeness (QED) is 0.298. The molecule has 3 rings (SSSR count). The summed E-state index contributed by atoms with van der Waals surface area (Å²) in [6, 6.07) is 21.1. The molecule has 8 nitrogen and oxygen atoms in total. The molecule has 0 saturated carbocycles. The fourth-order valence-corrected chi connectivity index (χ4v) is 2.51. The molecular formula is C23H22N4O4. The molecule has 3 aromatic carbocycles. The summed E-state index contributed by atoms with van der Waals surface area (Å²) in [7, 11) is 0. The highest BCUT2D eigenvalue weighted by Gasteiger charge is 2.07. The normalized spacial score (nSPS) is 11.0. The van der Waals surface area contributed by atoms with Crippen LogP contribution in [0.3, 0.4) is 0 Å². The molecule has 0 aromatic heterocycles. The monoisotopic (exact) mass is 418 g/mol. The van der Waals surface area contributed by atoms with Crippen molar-refractivity contribution in [2.75, 3.05) is 13.2 Å². The van der Waals surface area contributed by atoms with E-state index in [-0.39, 0.29) is 12.4 Å². The third-order valence-corrected chi connectivity index (χ3v) is 3.95. The van der Waals surface area contributed by atoms with E-state index >= 15 is 0 Å². The van der Waals surface area contributed by atoms with E-state index in [0.29, 0.717) is 35.0 Å². The zero-order chi connectivity index (χ0) is 21.9. The van der Waals surface area contributed by atoms with Gasteiger partial charge in [-0.05, 0) is 49.4 Å². The number of rotatable bonds is 9. The third-order valence-electron chi connectivity index (χ3n) is 3.95. The van der Waals surface area contributed by atoms with Crippen LogP contribution in [0, 0.1) is 0 Å². The lowest BCUT2D eigenvalue weighted by atomic mass is 10.2. The van der Waals surface area contributed by atoms with Crippen molar-refractivity contribution in [1.29, 1.82) is 0 Å². The predicted octanol–water partition coefficient (Wildman–Crippen LogP) is 4.74. The van der Waals surface area contributed by atoms with Crippen molar-refractivity contribution >= 4 is 23.5 Å². The number of para-hydroxylation sites is 2. The number of carbonyl (C=O) groups is 1. The van der Waals surface area contributed by atoms with Gasteiger partial charge in [0.05, 0.1) is 24.2 Å². The van der Waals surface area contributed by atoms with E-state index in [1.54, 1.807) is 30.3 Å². The number of hydrogen-bond acceptors (Lipinski definition) is 7. The van der Waals surface area contributed by atoms with Gasteiger partial charge in [-0.3, -0.25) is 4.79 Å². The Balaban J connectivity index is 1.56. The summed E-state index contributed by atoms with van der Waals surface area (Å²) in [5, 5.41) is 22.1. The number of amides is 1. The first-order valence-electron chi connectivity index (χ1n) is 9.62. The molecular weight excluding hydrogens is 396 g/mol. The first-order chi connectivity index (χ1) is 15.2. The minimum Gasteiger partial charge on any atom is -0.507 e. The molecule has 31 heavy (non-hydrogen) atoms. The van der Waals surface area contributed by atoms with Gasteiger partial charge in [0.25, 0.3) is 5.91 Å². The maximum atomic E-state index is 12.0. The lowest BCUT2D eigenvalue weighted by Crippen LogP contribution is -2.24. The highest BCUT2D eigenvalue weighted by atomic mass is 16.5. The average molecular weight is 418 g/mol. The second kappa shape index (κ2) is 11.1. The lowest BCUT2D eigenvalue weighted by Gasteiger charge is -2.10. The summed E-state index contributed by atoms with van der Waals surface area (Å²) in [6.07, 6.45) is 1.32. The summed E-state index contributed by atoms with van der Waals surface area (Å²) in [5.74, 6) is 0.575. The number of benzene rings is 3. The lowest BCUT2D eigenvalue weighted by molar-refractivity contribution is -0.123. The molecule has 0 aliphatic heterocycles. The highest BCUT2D eigenvalue weighted by molar-refractivity contribution is 5.86. The number of phenolic OH excluding ortho intramolecular Hbond substituents is 1. The van der Waals surface area contributed by atoms with Crippen LogP contribution in [0.25, 0.3) is 0 Å². The number of azo groups is 1. The van der Waals surface area contributed by atoms with Gasteiger partial charge < -0.3 is 14.6 Å². The second-order valence-electron chi connectivity index (χ2n) is 6.24.